The third-order valence-corrected chi connectivity index (χ3v) is 7.69. The van der Waals surface area contributed by atoms with E-state index in [1.807, 2.05) is 26.8 Å². The van der Waals surface area contributed by atoms with Crippen LogP contribution in [0.25, 0.3) is 0 Å². The van der Waals surface area contributed by atoms with Gasteiger partial charge in [0.2, 0.25) is 10.0 Å². The number of sulfonamides is 1. The number of benzene rings is 2. The fourth-order valence-corrected chi connectivity index (χ4v) is 5.29. The van der Waals surface area contributed by atoms with E-state index in [-0.39, 0.29) is 17.9 Å². The number of β-amino-alcohol motifs (C(OH)–C–C–N with tert-alkyl or cyclic N) is 1. The predicted molar refractivity (Wildman–Crippen MR) is 120 cm³/mol. The molecule has 0 bridgehead atoms. The van der Waals surface area contributed by atoms with Crippen LogP contribution >= 0.6 is 0 Å². The number of amides is 1. The van der Waals surface area contributed by atoms with Gasteiger partial charge in [0, 0.05) is 18.7 Å². The van der Waals surface area contributed by atoms with Crippen LogP contribution in [0.1, 0.15) is 28.7 Å². The molecule has 0 aliphatic carbocycles. The van der Waals surface area contributed by atoms with Crippen molar-refractivity contribution in [1.29, 1.82) is 0 Å². The van der Waals surface area contributed by atoms with Crippen LogP contribution in [0, 0.1) is 27.7 Å². The van der Waals surface area contributed by atoms with Crippen molar-refractivity contribution in [2.24, 2.45) is 0 Å². The van der Waals surface area contributed by atoms with Crippen molar-refractivity contribution in [2.75, 3.05) is 18.5 Å². The first-order chi connectivity index (χ1) is 15.0. The average molecular weight is 461 g/mol. The minimum absolute atomic E-state index is 0.0418. The van der Waals surface area contributed by atoms with E-state index in [9.17, 15) is 23.1 Å². The molecule has 0 spiro atoms. The first kappa shape index (κ1) is 23.9. The summed E-state index contributed by atoms with van der Waals surface area (Å²) in [5.74, 6) is -1.40. The lowest BCUT2D eigenvalue weighted by molar-refractivity contribution is -0.150. The van der Waals surface area contributed by atoms with Crippen molar-refractivity contribution in [3.05, 3.63) is 58.7 Å². The Balaban J connectivity index is 1.70. The Bertz CT molecular complexity index is 1150. The van der Waals surface area contributed by atoms with Gasteiger partial charge in [-0.1, -0.05) is 18.2 Å². The second-order valence-corrected chi connectivity index (χ2v) is 10.0. The molecule has 2 aromatic carbocycles. The van der Waals surface area contributed by atoms with E-state index < -0.39 is 40.7 Å². The zero-order chi connectivity index (χ0) is 23.6. The smallest absolute Gasteiger partial charge is 0.325 e. The number of aryl methyl sites for hydroxylation is 3. The number of rotatable bonds is 6. The molecular formula is C23H28N2O6S. The molecule has 1 fully saturated rings. The van der Waals surface area contributed by atoms with Crippen LogP contribution in [-0.2, 0) is 24.3 Å². The highest BCUT2D eigenvalue weighted by atomic mass is 32.2. The van der Waals surface area contributed by atoms with Gasteiger partial charge in [-0.25, -0.2) is 8.42 Å². The van der Waals surface area contributed by atoms with Gasteiger partial charge in [-0.2, -0.15) is 4.31 Å². The number of aliphatic hydroxyl groups is 1. The van der Waals surface area contributed by atoms with E-state index in [1.165, 1.54) is 12.1 Å². The topological polar surface area (TPSA) is 113 Å². The highest BCUT2D eigenvalue weighted by molar-refractivity contribution is 7.89. The van der Waals surface area contributed by atoms with E-state index in [0.29, 0.717) is 5.69 Å². The maximum absolute atomic E-state index is 13.1. The second-order valence-electron chi connectivity index (χ2n) is 8.13. The lowest BCUT2D eigenvalue weighted by Gasteiger charge is -2.22. The molecule has 3 rings (SSSR count). The van der Waals surface area contributed by atoms with Gasteiger partial charge in [0.05, 0.1) is 11.0 Å². The van der Waals surface area contributed by atoms with Crippen LogP contribution in [-0.4, -0.2) is 55.0 Å². The fraction of sp³-hybridized carbons (Fsp3) is 0.391. The fourth-order valence-electron chi connectivity index (χ4n) is 3.58. The van der Waals surface area contributed by atoms with E-state index in [1.54, 1.807) is 25.1 Å². The first-order valence-electron chi connectivity index (χ1n) is 10.3. The maximum Gasteiger partial charge on any atom is 0.325 e. The minimum atomic E-state index is -4.03. The zero-order valence-corrected chi connectivity index (χ0v) is 19.4. The summed E-state index contributed by atoms with van der Waals surface area (Å²) < 4.78 is 32.3. The van der Waals surface area contributed by atoms with Crippen molar-refractivity contribution >= 4 is 27.6 Å². The SMILES string of the molecule is Cc1ccc(S(=O)(=O)N2CC(O)C[C@H]2C(=O)OCC(=O)Nc2cccc(C)c2C)cc1C. The van der Waals surface area contributed by atoms with Crippen LogP contribution < -0.4 is 5.32 Å². The highest BCUT2D eigenvalue weighted by Gasteiger charge is 2.44. The van der Waals surface area contributed by atoms with Crippen LogP contribution in [0.3, 0.4) is 0 Å². The molecule has 2 atom stereocenters. The largest absolute Gasteiger partial charge is 0.454 e. The average Bonchev–Trinajstić information content (AvgIpc) is 3.14. The third kappa shape index (κ3) is 5.01. The van der Waals surface area contributed by atoms with Crippen LogP contribution in [0.4, 0.5) is 5.69 Å². The number of hydrogen-bond donors (Lipinski definition) is 2. The predicted octanol–water partition coefficient (Wildman–Crippen LogP) is 2.23. The summed E-state index contributed by atoms with van der Waals surface area (Å²) in [6.45, 7) is 6.68. The number of carbonyl (C=O) groups excluding carboxylic acids is 2. The van der Waals surface area contributed by atoms with Gasteiger partial charge in [-0.05, 0) is 68.1 Å². The van der Waals surface area contributed by atoms with Crippen LogP contribution in [0.15, 0.2) is 41.3 Å². The number of esters is 1. The monoisotopic (exact) mass is 460 g/mol. The van der Waals surface area contributed by atoms with Gasteiger partial charge in [0.15, 0.2) is 6.61 Å². The number of nitrogens with zero attached hydrogens (tertiary/aromatic N) is 1. The molecular weight excluding hydrogens is 432 g/mol. The molecule has 2 N–H and O–H groups in total. The molecule has 1 heterocycles. The Morgan fingerprint density at radius 2 is 1.81 bits per heavy atom. The molecule has 0 radical (unpaired) electrons. The number of ether oxygens (including phenoxy) is 1. The molecule has 8 nitrogen and oxygen atoms in total. The maximum atomic E-state index is 13.1. The summed E-state index contributed by atoms with van der Waals surface area (Å²) in [7, 11) is -4.03. The molecule has 9 heteroatoms. The van der Waals surface area contributed by atoms with Crippen molar-refractivity contribution in [2.45, 2.75) is 51.2 Å². The van der Waals surface area contributed by atoms with Crippen molar-refractivity contribution in [3.63, 3.8) is 0 Å². The summed E-state index contributed by atoms with van der Waals surface area (Å²) >= 11 is 0. The molecule has 172 valence electrons. The summed E-state index contributed by atoms with van der Waals surface area (Å²) in [5, 5.41) is 12.8. The lowest BCUT2D eigenvalue weighted by Crippen LogP contribution is -2.42. The number of hydrogen-bond acceptors (Lipinski definition) is 6. The van der Waals surface area contributed by atoms with Crippen LogP contribution in [0.5, 0.6) is 0 Å². The Labute approximate surface area is 188 Å². The first-order valence-corrected chi connectivity index (χ1v) is 11.7. The van der Waals surface area contributed by atoms with Crippen LogP contribution in [0.2, 0.25) is 0 Å². The van der Waals surface area contributed by atoms with Crippen molar-refractivity contribution < 1.29 is 27.9 Å². The third-order valence-electron chi connectivity index (χ3n) is 5.81. The van der Waals surface area contributed by atoms with Gasteiger partial charge in [-0.15, -0.1) is 0 Å². The summed E-state index contributed by atoms with van der Waals surface area (Å²) in [5.41, 5.74) is 4.26. The Kier molecular flexibility index (Phi) is 7.02. The van der Waals surface area contributed by atoms with Crippen molar-refractivity contribution in [1.82, 2.24) is 4.31 Å². The number of nitrogens with one attached hydrogen (secondary N) is 1. The summed E-state index contributed by atoms with van der Waals surface area (Å²) in [6.07, 6.45) is -1.10. The molecule has 1 amide bonds. The van der Waals surface area contributed by atoms with Gasteiger partial charge in [0.1, 0.15) is 6.04 Å². The van der Waals surface area contributed by atoms with Gasteiger partial charge in [0.25, 0.3) is 5.91 Å². The Morgan fingerprint density at radius 3 is 2.50 bits per heavy atom. The highest BCUT2D eigenvalue weighted by Crippen LogP contribution is 2.28. The molecule has 0 aromatic heterocycles. The normalized spacial score (nSPS) is 19.0. The van der Waals surface area contributed by atoms with Gasteiger partial charge in [-0.3, -0.25) is 9.59 Å². The molecule has 0 saturated carbocycles. The Hall–Kier alpha value is -2.75. The summed E-state index contributed by atoms with van der Waals surface area (Å²) in [4.78, 5) is 25.0. The molecule has 32 heavy (non-hydrogen) atoms. The van der Waals surface area contributed by atoms with Crippen molar-refractivity contribution in [3.8, 4) is 0 Å². The molecule has 1 saturated heterocycles. The standard InChI is InChI=1S/C23H28N2O6S/c1-14-8-9-19(10-16(14)3)32(29,30)25-12-18(26)11-21(25)23(28)31-13-22(27)24-20-7-5-6-15(2)17(20)4/h5-10,18,21,26H,11-13H2,1-4H3,(H,24,27)/t18?,21-/m0/s1. The molecule has 1 unspecified atom stereocenters. The summed E-state index contributed by atoms with van der Waals surface area (Å²) in [6, 6.07) is 8.97. The van der Waals surface area contributed by atoms with Gasteiger partial charge < -0.3 is 15.2 Å². The Morgan fingerprint density at radius 1 is 1.09 bits per heavy atom. The molecule has 1 aliphatic rings. The molecule has 1 aliphatic heterocycles. The second kappa shape index (κ2) is 9.40. The molecule has 2 aromatic rings. The quantitative estimate of drug-likeness (QED) is 0.639. The van der Waals surface area contributed by atoms with E-state index in [0.717, 1.165) is 26.6 Å². The zero-order valence-electron chi connectivity index (χ0n) is 18.6. The lowest BCUT2D eigenvalue weighted by atomic mass is 10.1. The number of aliphatic hydroxyl groups excluding tert-OH is 1. The van der Waals surface area contributed by atoms with Gasteiger partial charge >= 0.3 is 5.97 Å². The minimum Gasteiger partial charge on any atom is -0.454 e. The van der Waals surface area contributed by atoms with E-state index in [2.05, 4.69) is 5.32 Å². The van der Waals surface area contributed by atoms with E-state index >= 15 is 0 Å². The number of anilines is 1. The number of carbonyl (C=O) groups is 2. The van der Waals surface area contributed by atoms with E-state index in [4.69, 9.17) is 4.74 Å².